The summed E-state index contributed by atoms with van der Waals surface area (Å²) in [7, 11) is 0.131. The molecule has 0 saturated heterocycles. The van der Waals surface area contributed by atoms with E-state index in [4.69, 9.17) is 9.88 Å². The van der Waals surface area contributed by atoms with E-state index in [9.17, 15) is 8.42 Å². The fourth-order valence-electron chi connectivity index (χ4n) is 1.57. The van der Waals surface area contributed by atoms with E-state index in [0.29, 0.717) is 12.3 Å². The van der Waals surface area contributed by atoms with Crippen molar-refractivity contribution >= 4 is 10.0 Å². The van der Waals surface area contributed by atoms with Gasteiger partial charge in [0.05, 0.1) is 11.0 Å². The van der Waals surface area contributed by atoms with Crippen molar-refractivity contribution in [2.45, 2.75) is 31.4 Å². The predicted octanol–water partition coefficient (Wildman–Crippen LogP) is 1.18. The van der Waals surface area contributed by atoms with E-state index in [1.54, 1.807) is 12.1 Å². The number of nitrogens with zero attached hydrogens (tertiary/aromatic N) is 1. The molecule has 0 unspecified atom stereocenters. The van der Waals surface area contributed by atoms with Crippen LogP contribution in [0.2, 0.25) is 0 Å². The van der Waals surface area contributed by atoms with Gasteiger partial charge in [-0.3, -0.25) is 0 Å². The molecule has 5 nitrogen and oxygen atoms in total. The van der Waals surface area contributed by atoms with Crippen molar-refractivity contribution in [3.05, 3.63) is 23.8 Å². The van der Waals surface area contributed by atoms with Crippen LogP contribution in [0.1, 0.15) is 19.4 Å². The van der Waals surface area contributed by atoms with Gasteiger partial charge in [0.15, 0.2) is 0 Å². The van der Waals surface area contributed by atoms with Crippen LogP contribution in [-0.2, 0) is 16.6 Å². The van der Waals surface area contributed by atoms with E-state index in [1.807, 2.05) is 32.8 Å². The van der Waals surface area contributed by atoms with Gasteiger partial charge >= 0.3 is 0 Å². The fourth-order valence-corrected chi connectivity index (χ4v) is 2.13. The highest BCUT2D eigenvalue weighted by Gasteiger charge is 2.13. The third-order valence-electron chi connectivity index (χ3n) is 2.21. The number of primary sulfonamides is 1. The molecule has 1 aromatic rings. The van der Waals surface area contributed by atoms with E-state index in [2.05, 4.69) is 0 Å². The molecule has 0 atom stereocenters. The molecule has 0 aromatic heterocycles. The highest BCUT2D eigenvalue weighted by Crippen LogP contribution is 2.24. The molecule has 0 aliphatic carbocycles. The fraction of sp³-hybridized carbons (Fsp3) is 0.500. The zero-order valence-electron chi connectivity index (χ0n) is 11.2. The van der Waals surface area contributed by atoms with Gasteiger partial charge in [-0.1, -0.05) is 0 Å². The Labute approximate surface area is 109 Å². The lowest BCUT2D eigenvalue weighted by molar-refractivity contribution is 0.236. The molecule has 2 N–H and O–H groups in total. The number of ether oxygens (including phenoxy) is 1. The summed E-state index contributed by atoms with van der Waals surface area (Å²) in [5, 5.41) is 5.13. The summed E-state index contributed by atoms with van der Waals surface area (Å²) in [4.78, 5) is 2.05. The van der Waals surface area contributed by atoms with Crippen LogP contribution in [-0.4, -0.2) is 33.5 Å². The van der Waals surface area contributed by atoms with E-state index < -0.39 is 10.0 Å². The summed E-state index contributed by atoms with van der Waals surface area (Å²) >= 11 is 0. The maximum atomic E-state index is 11.3. The summed E-state index contributed by atoms with van der Waals surface area (Å²) in [5.74, 6) is 0.686. The van der Waals surface area contributed by atoms with Crippen LogP contribution < -0.4 is 9.88 Å². The first kappa shape index (κ1) is 14.9. The Morgan fingerprint density at radius 2 is 1.94 bits per heavy atom. The Bertz CT molecular complexity index is 510. The normalized spacial score (nSPS) is 12.2. The van der Waals surface area contributed by atoms with Crippen molar-refractivity contribution in [3.63, 3.8) is 0 Å². The Morgan fingerprint density at radius 3 is 2.39 bits per heavy atom. The van der Waals surface area contributed by atoms with E-state index >= 15 is 0 Å². The quantitative estimate of drug-likeness (QED) is 0.873. The molecule has 0 amide bonds. The maximum Gasteiger partial charge on any atom is 0.238 e. The highest BCUT2D eigenvalue weighted by molar-refractivity contribution is 7.89. The summed E-state index contributed by atoms with van der Waals surface area (Å²) in [6.07, 6.45) is 0.0336. The molecule has 1 aromatic carbocycles. The van der Waals surface area contributed by atoms with Gasteiger partial charge in [0, 0.05) is 12.1 Å². The lowest BCUT2D eigenvalue weighted by Gasteiger charge is -2.17. The Kier molecular flexibility index (Phi) is 4.72. The number of rotatable bonds is 5. The molecular formula is C12H20N2O3S. The zero-order valence-corrected chi connectivity index (χ0v) is 12.0. The predicted molar refractivity (Wildman–Crippen MR) is 71.0 cm³/mol. The molecule has 18 heavy (non-hydrogen) atoms. The average Bonchev–Trinajstić information content (AvgIpc) is 2.17. The molecule has 0 bridgehead atoms. The molecule has 0 saturated carbocycles. The van der Waals surface area contributed by atoms with Gasteiger partial charge in [-0.2, -0.15) is 0 Å². The van der Waals surface area contributed by atoms with Crippen molar-refractivity contribution < 1.29 is 13.2 Å². The molecule has 0 aliphatic rings. The maximum absolute atomic E-state index is 11.3. The topological polar surface area (TPSA) is 72.6 Å². The highest BCUT2D eigenvalue weighted by atomic mass is 32.2. The Balaban J connectivity index is 3.20. The standard InChI is InChI=1S/C12H20N2O3S/c1-9(2)17-12-6-5-11(18(13,15)16)7-10(12)8-14(3)4/h5-7,9H,8H2,1-4H3,(H2,13,15,16). The number of sulfonamides is 1. The summed E-state index contributed by atoms with van der Waals surface area (Å²) < 4.78 is 28.3. The first-order valence-electron chi connectivity index (χ1n) is 5.67. The third kappa shape index (κ3) is 4.29. The minimum absolute atomic E-state index is 0.0336. The molecule has 102 valence electrons. The monoisotopic (exact) mass is 272 g/mol. The van der Waals surface area contributed by atoms with Crippen molar-refractivity contribution in [3.8, 4) is 5.75 Å². The summed E-state index contributed by atoms with van der Waals surface area (Å²) in [6.45, 7) is 4.44. The lowest BCUT2D eigenvalue weighted by atomic mass is 10.2. The van der Waals surface area contributed by atoms with E-state index in [1.165, 1.54) is 6.07 Å². The molecule has 0 radical (unpaired) electrons. The molecule has 0 aliphatic heterocycles. The van der Waals surface area contributed by atoms with Gasteiger partial charge in [-0.25, -0.2) is 13.6 Å². The zero-order chi connectivity index (χ0) is 13.9. The second-order valence-corrected chi connectivity index (χ2v) is 6.28. The van der Waals surface area contributed by atoms with Crippen LogP contribution in [0.25, 0.3) is 0 Å². The lowest BCUT2D eigenvalue weighted by Crippen LogP contribution is -2.16. The molecule has 0 heterocycles. The first-order chi connectivity index (χ1) is 8.20. The van der Waals surface area contributed by atoms with Crippen molar-refractivity contribution in [1.29, 1.82) is 0 Å². The largest absolute Gasteiger partial charge is 0.491 e. The number of hydrogen-bond donors (Lipinski definition) is 1. The van der Waals surface area contributed by atoms with Gasteiger partial charge in [0.1, 0.15) is 5.75 Å². The van der Waals surface area contributed by atoms with Gasteiger partial charge in [-0.15, -0.1) is 0 Å². The Morgan fingerprint density at radius 1 is 1.33 bits per heavy atom. The smallest absolute Gasteiger partial charge is 0.238 e. The van der Waals surface area contributed by atoms with Crippen LogP contribution in [0.5, 0.6) is 5.75 Å². The molecule has 6 heteroatoms. The molecule has 0 fully saturated rings. The van der Waals surface area contributed by atoms with Crippen LogP contribution in [0, 0.1) is 0 Å². The van der Waals surface area contributed by atoms with Gasteiger partial charge < -0.3 is 9.64 Å². The molecule has 1 rings (SSSR count). The summed E-state index contributed by atoms with van der Waals surface area (Å²) in [5.41, 5.74) is 0.806. The average molecular weight is 272 g/mol. The minimum atomic E-state index is -3.68. The first-order valence-corrected chi connectivity index (χ1v) is 7.22. The molecule has 0 spiro atoms. The second kappa shape index (κ2) is 5.69. The van der Waals surface area contributed by atoms with Crippen molar-refractivity contribution in [1.82, 2.24) is 4.90 Å². The Hall–Kier alpha value is -1.11. The van der Waals surface area contributed by atoms with Gasteiger partial charge in [-0.05, 0) is 46.1 Å². The number of nitrogens with two attached hydrogens (primary N) is 1. The SMILES string of the molecule is CC(C)Oc1ccc(S(N)(=O)=O)cc1CN(C)C. The van der Waals surface area contributed by atoms with E-state index in [-0.39, 0.29) is 11.0 Å². The molecular weight excluding hydrogens is 252 g/mol. The number of benzene rings is 1. The van der Waals surface area contributed by atoms with E-state index in [0.717, 1.165) is 5.56 Å². The minimum Gasteiger partial charge on any atom is -0.491 e. The van der Waals surface area contributed by atoms with Crippen LogP contribution in [0.3, 0.4) is 0 Å². The third-order valence-corrected chi connectivity index (χ3v) is 3.12. The van der Waals surface area contributed by atoms with Crippen LogP contribution >= 0.6 is 0 Å². The van der Waals surface area contributed by atoms with Crippen LogP contribution in [0.4, 0.5) is 0 Å². The van der Waals surface area contributed by atoms with Crippen LogP contribution in [0.15, 0.2) is 23.1 Å². The number of hydrogen-bond acceptors (Lipinski definition) is 4. The van der Waals surface area contributed by atoms with Crippen molar-refractivity contribution in [2.75, 3.05) is 14.1 Å². The van der Waals surface area contributed by atoms with Crippen molar-refractivity contribution in [2.24, 2.45) is 5.14 Å². The van der Waals surface area contributed by atoms with Gasteiger partial charge in [0.2, 0.25) is 10.0 Å². The summed E-state index contributed by atoms with van der Waals surface area (Å²) in [6, 6.07) is 4.68. The second-order valence-electron chi connectivity index (χ2n) is 4.72. The van der Waals surface area contributed by atoms with Gasteiger partial charge in [0.25, 0.3) is 0 Å².